The number of rotatable bonds is 3. The summed E-state index contributed by atoms with van der Waals surface area (Å²) >= 11 is 0. The molecule has 4 saturated carbocycles. The van der Waals surface area contributed by atoms with E-state index in [2.05, 4.69) is 10.6 Å². The third-order valence-electron chi connectivity index (χ3n) is 7.31. The Morgan fingerprint density at radius 1 is 1.25 bits per heavy atom. The minimum Gasteiger partial charge on any atom is -0.497 e. The Morgan fingerprint density at radius 2 is 2.07 bits per heavy atom. The molecule has 5 aliphatic rings. The zero-order chi connectivity index (χ0) is 19.3. The van der Waals surface area contributed by atoms with Crippen LogP contribution in [0.4, 0.5) is 0 Å². The number of carbonyl (C=O) groups is 2. The van der Waals surface area contributed by atoms with E-state index in [1.54, 1.807) is 25.3 Å². The summed E-state index contributed by atoms with van der Waals surface area (Å²) in [5.41, 5.74) is -0.146. The van der Waals surface area contributed by atoms with E-state index in [9.17, 15) is 9.59 Å². The van der Waals surface area contributed by atoms with Gasteiger partial charge in [0, 0.05) is 30.4 Å². The Bertz CT molecular complexity index is 804. The Labute approximate surface area is 165 Å². The zero-order valence-electron chi connectivity index (χ0n) is 16.3. The van der Waals surface area contributed by atoms with Crippen molar-refractivity contribution in [1.29, 1.82) is 0 Å². The summed E-state index contributed by atoms with van der Waals surface area (Å²) in [6.45, 7) is 0. The largest absolute Gasteiger partial charge is 0.497 e. The highest BCUT2D eigenvalue weighted by atomic mass is 16.5. The highest BCUT2D eigenvalue weighted by Crippen LogP contribution is 2.52. The monoisotopic (exact) mass is 384 g/mol. The van der Waals surface area contributed by atoms with E-state index in [-0.39, 0.29) is 29.6 Å². The van der Waals surface area contributed by atoms with Crippen LogP contribution < -0.4 is 20.1 Å². The minimum atomic E-state index is -0.691. The highest BCUT2D eigenvalue weighted by Gasteiger charge is 2.57. The Kier molecular flexibility index (Phi) is 4.25. The first-order valence-corrected chi connectivity index (χ1v) is 10.6. The van der Waals surface area contributed by atoms with Gasteiger partial charge in [-0.15, -0.1) is 0 Å². The van der Waals surface area contributed by atoms with Gasteiger partial charge in [0.25, 0.3) is 5.91 Å². The normalized spacial score (nSPS) is 33.9. The van der Waals surface area contributed by atoms with Gasteiger partial charge in [-0.1, -0.05) is 12.8 Å². The molecule has 4 fully saturated rings. The van der Waals surface area contributed by atoms with Crippen molar-refractivity contribution in [2.45, 2.75) is 63.1 Å². The number of carbonyl (C=O) groups excluding carboxylic acids is 2. The first-order valence-electron chi connectivity index (χ1n) is 10.6. The lowest BCUT2D eigenvalue weighted by Gasteiger charge is -2.55. The van der Waals surface area contributed by atoms with Crippen molar-refractivity contribution < 1.29 is 19.1 Å². The fourth-order valence-electron chi connectivity index (χ4n) is 5.82. The molecule has 2 bridgehead atoms. The van der Waals surface area contributed by atoms with Crippen LogP contribution in [0, 0.1) is 17.8 Å². The second-order valence-electron chi connectivity index (χ2n) is 8.88. The molecule has 1 heterocycles. The van der Waals surface area contributed by atoms with Crippen LogP contribution in [-0.2, 0) is 4.79 Å². The van der Waals surface area contributed by atoms with Crippen LogP contribution in [0.5, 0.6) is 11.5 Å². The van der Waals surface area contributed by atoms with Crippen LogP contribution in [0.2, 0.25) is 0 Å². The molecule has 6 heteroatoms. The first-order chi connectivity index (χ1) is 13.6. The highest BCUT2D eigenvalue weighted by molar-refractivity contribution is 5.98. The molecule has 2 amide bonds. The molecule has 1 spiro atoms. The van der Waals surface area contributed by atoms with Gasteiger partial charge in [0.1, 0.15) is 11.5 Å². The minimum absolute atomic E-state index is 0.0391. The van der Waals surface area contributed by atoms with Crippen molar-refractivity contribution in [3.8, 4) is 11.5 Å². The third-order valence-corrected chi connectivity index (χ3v) is 7.31. The number of fused-ring (bicyclic) bond motifs is 3. The molecule has 6 nitrogen and oxygen atoms in total. The molecule has 1 aromatic carbocycles. The first kappa shape index (κ1) is 17.8. The summed E-state index contributed by atoms with van der Waals surface area (Å²) < 4.78 is 11.7. The van der Waals surface area contributed by atoms with Crippen LogP contribution in [0.1, 0.15) is 61.7 Å². The molecule has 2 N–H and O–H groups in total. The van der Waals surface area contributed by atoms with E-state index in [0.717, 1.165) is 32.1 Å². The SMILES string of the molecule is COc1ccc2c(c1)O[C@@]1(C[C@H]3CC[C@H]1C[C@H]3C(=O)NC1CCCC1)NC2=O. The second-order valence-corrected chi connectivity index (χ2v) is 8.88. The summed E-state index contributed by atoms with van der Waals surface area (Å²) in [7, 11) is 1.61. The summed E-state index contributed by atoms with van der Waals surface area (Å²) in [5.74, 6) is 1.82. The van der Waals surface area contributed by atoms with Gasteiger partial charge in [-0.2, -0.15) is 0 Å². The molecular formula is C22H28N2O4. The Hall–Kier alpha value is -2.24. The van der Waals surface area contributed by atoms with Gasteiger partial charge in [-0.25, -0.2) is 0 Å². The van der Waals surface area contributed by atoms with Crippen LogP contribution in [0.15, 0.2) is 18.2 Å². The lowest BCUT2D eigenvalue weighted by Crippen LogP contribution is -2.67. The maximum absolute atomic E-state index is 12.9. The molecule has 6 rings (SSSR count). The zero-order valence-corrected chi connectivity index (χ0v) is 16.3. The van der Waals surface area contributed by atoms with Gasteiger partial charge >= 0.3 is 0 Å². The van der Waals surface area contributed by atoms with Gasteiger partial charge in [-0.3, -0.25) is 9.59 Å². The maximum Gasteiger partial charge on any atom is 0.258 e. The predicted molar refractivity (Wildman–Crippen MR) is 103 cm³/mol. The Morgan fingerprint density at radius 3 is 2.79 bits per heavy atom. The molecule has 150 valence electrons. The fraction of sp³-hybridized carbons (Fsp3) is 0.636. The quantitative estimate of drug-likeness (QED) is 0.840. The topological polar surface area (TPSA) is 76.7 Å². The van der Waals surface area contributed by atoms with Gasteiger partial charge in [0.2, 0.25) is 5.91 Å². The van der Waals surface area contributed by atoms with E-state index in [0.29, 0.717) is 29.5 Å². The number of nitrogens with one attached hydrogen (secondary N) is 2. The van der Waals surface area contributed by atoms with Crippen molar-refractivity contribution in [3.05, 3.63) is 23.8 Å². The second kappa shape index (κ2) is 6.68. The fourth-order valence-corrected chi connectivity index (χ4v) is 5.82. The van der Waals surface area contributed by atoms with Gasteiger partial charge in [0.05, 0.1) is 12.7 Å². The maximum atomic E-state index is 12.9. The predicted octanol–water partition coefficient (Wildman–Crippen LogP) is 3.01. The molecule has 4 aliphatic carbocycles. The number of hydrogen-bond donors (Lipinski definition) is 2. The molecule has 1 aromatic rings. The van der Waals surface area contributed by atoms with Gasteiger partial charge in [0.15, 0.2) is 5.72 Å². The molecular weight excluding hydrogens is 356 g/mol. The van der Waals surface area contributed by atoms with Crippen molar-refractivity contribution in [1.82, 2.24) is 10.6 Å². The van der Waals surface area contributed by atoms with E-state index in [1.807, 2.05) is 0 Å². The van der Waals surface area contributed by atoms with Crippen molar-refractivity contribution in [3.63, 3.8) is 0 Å². The lowest BCUT2D eigenvalue weighted by atomic mass is 9.60. The lowest BCUT2D eigenvalue weighted by molar-refractivity contribution is -0.147. The average molecular weight is 384 g/mol. The van der Waals surface area contributed by atoms with Crippen LogP contribution in [-0.4, -0.2) is 30.7 Å². The third kappa shape index (κ3) is 2.85. The van der Waals surface area contributed by atoms with Crippen molar-refractivity contribution in [2.75, 3.05) is 7.11 Å². The molecule has 0 saturated heterocycles. The molecule has 1 aliphatic heterocycles. The molecule has 0 unspecified atom stereocenters. The van der Waals surface area contributed by atoms with E-state index < -0.39 is 5.72 Å². The number of hydrogen-bond acceptors (Lipinski definition) is 4. The molecule has 28 heavy (non-hydrogen) atoms. The number of methoxy groups -OCH3 is 1. The van der Waals surface area contributed by atoms with Crippen LogP contribution >= 0.6 is 0 Å². The summed E-state index contributed by atoms with van der Waals surface area (Å²) in [6, 6.07) is 5.67. The van der Waals surface area contributed by atoms with Gasteiger partial charge in [-0.05, 0) is 50.2 Å². The standard InChI is InChI=1S/C22H28N2O4/c1-27-16-8-9-17-19(11-16)28-22(24-21(17)26)12-13-6-7-14(22)10-18(13)20(25)23-15-4-2-3-5-15/h8-9,11,13-15,18H,2-7,10,12H2,1H3,(H,23,25)(H,24,26)/t13-,14+,18-,22-/m1/s1. The van der Waals surface area contributed by atoms with Crippen molar-refractivity contribution in [2.24, 2.45) is 17.8 Å². The van der Waals surface area contributed by atoms with Crippen LogP contribution in [0.25, 0.3) is 0 Å². The average Bonchev–Trinajstić information content (AvgIpc) is 3.20. The van der Waals surface area contributed by atoms with E-state index >= 15 is 0 Å². The smallest absolute Gasteiger partial charge is 0.258 e. The number of amides is 2. The van der Waals surface area contributed by atoms with Crippen molar-refractivity contribution >= 4 is 11.8 Å². The van der Waals surface area contributed by atoms with Gasteiger partial charge < -0.3 is 20.1 Å². The number of benzene rings is 1. The molecule has 0 aromatic heterocycles. The van der Waals surface area contributed by atoms with E-state index in [1.165, 1.54) is 12.8 Å². The summed E-state index contributed by atoms with van der Waals surface area (Å²) in [4.78, 5) is 25.7. The van der Waals surface area contributed by atoms with Crippen LogP contribution in [0.3, 0.4) is 0 Å². The molecule has 4 atom stereocenters. The summed E-state index contributed by atoms with van der Waals surface area (Å²) in [6.07, 6.45) is 8.13. The van der Waals surface area contributed by atoms with E-state index in [4.69, 9.17) is 9.47 Å². The number of ether oxygens (including phenoxy) is 2. The Balaban J connectivity index is 1.35. The summed E-state index contributed by atoms with van der Waals surface area (Å²) in [5, 5.41) is 6.44. The molecule has 0 radical (unpaired) electrons.